The van der Waals surface area contributed by atoms with Gasteiger partial charge in [-0.05, 0) is 35.4 Å². The van der Waals surface area contributed by atoms with Gasteiger partial charge in [-0.1, -0.05) is 4.98 Å². The van der Waals surface area contributed by atoms with E-state index in [4.69, 9.17) is 21.1 Å². The van der Waals surface area contributed by atoms with Gasteiger partial charge >= 0.3 is 5.95 Å². The molecule has 28 heavy (non-hydrogen) atoms. The fraction of sp³-hybridized carbons (Fsp3) is 0.353. The second kappa shape index (κ2) is 8.70. The maximum atomic E-state index is 10.9. The van der Waals surface area contributed by atoms with Gasteiger partial charge in [-0.15, -0.1) is 0 Å². The van der Waals surface area contributed by atoms with Crippen LogP contribution in [0.5, 0.6) is 11.5 Å². The van der Waals surface area contributed by atoms with Crippen LogP contribution in [-0.2, 0) is 6.54 Å². The molecule has 0 saturated carbocycles. The zero-order valence-electron chi connectivity index (χ0n) is 15.4. The van der Waals surface area contributed by atoms with Gasteiger partial charge in [-0.3, -0.25) is 0 Å². The number of hydrogen-bond acceptors (Lipinski definition) is 8. The van der Waals surface area contributed by atoms with Gasteiger partial charge in [0.25, 0.3) is 0 Å². The van der Waals surface area contributed by atoms with Gasteiger partial charge in [0.15, 0.2) is 11.5 Å². The van der Waals surface area contributed by atoms with E-state index in [0.717, 1.165) is 18.2 Å². The molecular formula is C17H19ClN6O4. The van der Waals surface area contributed by atoms with Crippen LogP contribution >= 0.6 is 11.6 Å². The average molecular weight is 407 g/mol. The summed E-state index contributed by atoms with van der Waals surface area (Å²) in [5, 5.41) is 15.0. The van der Waals surface area contributed by atoms with E-state index in [9.17, 15) is 10.1 Å². The van der Waals surface area contributed by atoms with Crippen molar-refractivity contribution in [3.63, 3.8) is 0 Å². The van der Waals surface area contributed by atoms with Crippen molar-refractivity contribution in [2.24, 2.45) is 0 Å². The fourth-order valence-electron chi connectivity index (χ4n) is 2.82. The van der Waals surface area contributed by atoms with Crippen molar-refractivity contribution in [3.8, 4) is 11.5 Å². The monoisotopic (exact) mass is 406 g/mol. The summed E-state index contributed by atoms with van der Waals surface area (Å²) in [6.07, 6.45) is 4.53. The molecular weight excluding hydrogens is 388 g/mol. The molecule has 0 radical (unpaired) electrons. The van der Waals surface area contributed by atoms with Crippen LogP contribution in [-0.4, -0.2) is 45.2 Å². The molecule has 3 rings (SSSR count). The number of imidazole rings is 1. The van der Waals surface area contributed by atoms with Crippen molar-refractivity contribution in [1.82, 2.24) is 19.5 Å². The summed E-state index contributed by atoms with van der Waals surface area (Å²) in [7, 11) is 3.11. The Bertz CT molecular complexity index is 993. The van der Waals surface area contributed by atoms with Gasteiger partial charge in [-0.2, -0.15) is 0 Å². The van der Waals surface area contributed by atoms with Crippen molar-refractivity contribution in [2.45, 2.75) is 19.4 Å². The van der Waals surface area contributed by atoms with Crippen LogP contribution in [0.1, 0.15) is 12.8 Å². The average Bonchev–Trinajstić information content (AvgIpc) is 3.15. The molecule has 0 aliphatic rings. The van der Waals surface area contributed by atoms with Gasteiger partial charge in [0.2, 0.25) is 5.28 Å². The number of benzene rings is 1. The van der Waals surface area contributed by atoms with Crippen molar-refractivity contribution < 1.29 is 14.4 Å². The highest BCUT2D eigenvalue weighted by Crippen LogP contribution is 2.34. The first-order valence-electron chi connectivity index (χ1n) is 8.52. The van der Waals surface area contributed by atoms with E-state index < -0.39 is 4.92 Å². The van der Waals surface area contributed by atoms with Crippen molar-refractivity contribution >= 4 is 34.3 Å². The molecule has 1 N–H and O–H groups in total. The van der Waals surface area contributed by atoms with Gasteiger partial charge in [0.05, 0.1) is 26.3 Å². The number of halogens is 1. The zero-order chi connectivity index (χ0) is 20.1. The Hall–Kier alpha value is -3.14. The topological polar surface area (TPSA) is 117 Å². The lowest BCUT2D eigenvalue weighted by molar-refractivity contribution is -0.396. The Morgan fingerprint density at radius 1 is 1.21 bits per heavy atom. The summed E-state index contributed by atoms with van der Waals surface area (Å²) in [5.41, 5.74) is 0.634. The number of unbranched alkanes of at least 4 members (excludes halogenated alkanes) is 1. The normalized spacial score (nSPS) is 10.8. The Labute approximate surface area is 165 Å². The summed E-state index contributed by atoms with van der Waals surface area (Å²) < 4.78 is 12.2. The van der Waals surface area contributed by atoms with Crippen LogP contribution in [0.2, 0.25) is 5.28 Å². The molecule has 2 heterocycles. The largest absolute Gasteiger partial charge is 0.493 e. The minimum absolute atomic E-state index is 0.122. The number of anilines is 1. The van der Waals surface area contributed by atoms with Crippen LogP contribution in [0.3, 0.4) is 0 Å². The van der Waals surface area contributed by atoms with E-state index in [0.29, 0.717) is 35.9 Å². The Balaban J connectivity index is 1.67. The third kappa shape index (κ3) is 4.22. The highest BCUT2D eigenvalue weighted by molar-refractivity contribution is 6.28. The smallest absolute Gasteiger partial charge is 0.434 e. The number of rotatable bonds is 9. The van der Waals surface area contributed by atoms with E-state index in [1.165, 1.54) is 10.8 Å². The Morgan fingerprint density at radius 2 is 1.96 bits per heavy atom. The number of aromatic nitrogens is 4. The summed E-state index contributed by atoms with van der Waals surface area (Å²) in [6, 6.07) is 3.53. The number of hydrogen-bond donors (Lipinski definition) is 1. The second-order valence-corrected chi connectivity index (χ2v) is 6.22. The van der Waals surface area contributed by atoms with Crippen molar-refractivity contribution in [1.29, 1.82) is 0 Å². The van der Waals surface area contributed by atoms with E-state index in [-0.39, 0.29) is 11.2 Å². The number of aryl methyl sites for hydroxylation is 1. The predicted molar refractivity (Wildman–Crippen MR) is 104 cm³/mol. The lowest BCUT2D eigenvalue weighted by atomic mass is 10.2. The van der Waals surface area contributed by atoms with Crippen LogP contribution in [0.15, 0.2) is 24.5 Å². The van der Waals surface area contributed by atoms with Gasteiger partial charge in [0, 0.05) is 18.0 Å². The Morgan fingerprint density at radius 3 is 2.68 bits per heavy atom. The number of nitro groups is 1. The molecule has 3 aromatic rings. The molecule has 11 heteroatoms. The molecule has 0 aliphatic carbocycles. The number of nitrogens with one attached hydrogen (secondary N) is 1. The van der Waals surface area contributed by atoms with Crippen LogP contribution in [0.4, 0.5) is 11.8 Å². The number of nitrogens with zero attached hydrogens (tertiary/aromatic N) is 5. The summed E-state index contributed by atoms with van der Waals surface area (Å²) in [5.74, 6) is 1.56. The molecule has 0 unspecified atom stereocenters. The molecule has 2 aromatic heterocycles. The highest BCUT2D eigenvalue weighted by atomic mass is 35.5. The molecule has 148 valence electrons. The standard InChI is InChI=1S/C17H19ClN6O4/c1-27-13-9-11-12(10-14(13)28-2)21-16(18)22-15(11)19-5-3-4-7-23-8-6-20-17(23)24(25)26/h6,8-10H,3-5,7H2,1-2H3,(H,19,21,22). The second-order valence-electron chi connectivity index (χ2n) is 5.88. The molecule has 0 atom stereocenters. The van der Waals surface area contributed by atoms with Gasteiger partial charge in [0.1, 0.15) is 18.2 Å². The van der Waals surface area contributed by atoms with E-state index >= 15 is 0 Å². The molecule has 0 fully saturated rings. The maximum Gasteiger partial charge on any atom is 0.434 e. The summed E-state index contributed by atoms with van der Waals surface area (Å²) >= 11 is 6.04. The number of ether oxygens (including phenoxy) is 2. The SMILES string of the molecule is COc1cc2nc(Cl)nc(NCCCCn3ccnc3[N+](=O)[O-])c2cc1OC. The molecule has 0 bridgehead atoms. The summed E-state index contributed by atoms with van der Waals surface area (Å²) in [6.45, 7) is 1.12. The minimum atomic E-state index is -0.491. The van der Waals surface area contributed by atoms with Crippen LogP contribution in [0.25, 0.3) is 10.9 Å². The number of methoxy groups -OCH3 is 2. The molecule has 0 amide bonds. The van der Waals surface area contributed by atoms with E-state index in [1.807, 2.05) is 0 Å². The zero-order valence-corrected chi connectivity index (χ0v) is 16.1. The molecule has 0 aliphatic heterocycles. The first kappa shape index (κ1) is 19.6. The quantitative estimate of drug-likeness (QED) is 0.249. The first-order valence-corrected chi connectivity index (χ1v) is 8.90. The third-order valence-electron chi connectivity index (χ3n) is 4.15. The Kier molecular flexibility index (Phi) is 6.09. The van der Waals surface area contributed by atoms with Gasteiger partial charge < -0.3 is 24.9 Å². The van der Waals surface area contributed by atoms with Crippen molar-refractivity contribution in [3.05, 3.63) is 39.9 Å². The highest BCUT2D eigenvalue weighted by Gasteiger charge is 2.14. The minimum Gasteiger partial charge on any atom is -0.493 e. The first-order chi connectivity index (χ1) is 13.5. The molecule has 0 spiro atoms. The number of fused-ring (bicyclic) bond motifs is 1. The predicted octanol–water partition coefficient (Wildman–Crippen LogP) is 3.30. The van der Waals surface area contributed by atoms with E-state index in [1.54, 1.807) is 32.5 Å². The fourth-order valence-corrected chi connectivity index (χ4v) is 3.00. The van der Waals surface area contributed by atoms with Gasteiger partial charge in [-0.25, -0.2) is 14.5 Å². The molecule has 0 saturated heterocycles. The van der Waals surface area contributed by atoms with E-state index in [2.05, 4.69) is 20.3 Å². The lowest BCUT2D eigenvalue weighted by Gasteiger charge is -2.12. The summed E-state index contributed by atoms with van der Waals surface area (Å²) in [4.78, 5) is 22.6. The maximum absolute atomic E-state index is 10.9. The van der Waals surface area contributed by atoms with Crippen LogP contribution in [0, 0.1) is 10.1 Å². The molecule has 10 nitrogen and oxygen atoms in total. The molecule has 1 aromatic carbocycles. The third-order valence-corrected chi connectivity index (χ3v) is 4.32. The lowest BCUT2D eigenvalue weighted by Crippen LogP contribution is -2.08. The van der Waals surface area contributed by atoms with Crippen LogP contribution < -0.4 is 14.8 Å². The van der Waals surface area contributed by atoms with Crippen molar-refractivity contribution in [2.75, 3.05) is 26.1 Å².